The number of aliphatic hydroxyl groups excluding tert-OH is 1. The second-order valence-corrected chi connectivity index (χ2v) is 5.71. The standard InChI is InChI=1S/C14H20Cl2N2O/c1-2-11(19)10-17-6-8-18(9-7-17)13-5-3-4-12(15)14(13)16/h3-5,11,19H,2,6-10H2,1H3/t11-/m1/s1. The number of hydrogen-bond acceptors (Lipinski definition) is 3. The molecule has 19 heavy (non-hydrogen) atoms. The van der Waals surface area contributed by atoms with Crippen molar-refractivity contribution >= 4 is 28.9 Å². The Morgan fingerprint density at radius 3 is 2.53 bits per heavy atom. The zero-order valence-electron chi connectivity index (χ0n) is 11.1. The predicted molar refractivity (Wildman–Crippen MR) is 81.4 cm³/mol. The van der Waals surface area contributed by atoms with Crippen molar-refractivity contribution in [2.75, 3.05) is 37.6 Å². The summed E-state index contributed by atoms with van der Waals surface area (Å²) >= 11 is 12.3. The van der Waals surface area contributed by atoms with Crippen LogP contribution < -0.4 is 4.90 Å². The van der Waals surface area contributed by atoms with E-state index in [2.05, 4.69) is 9.80 Å². The summed E-state index contributed by atoms with van der Waals surface area (Å²) in [6.07, 6.45) is 0.585. The molecule has 0 unspecified atom stereocenters. The van der Waals surface area contributed by atoms with Gasteiger partial charge in [0, 0.05) is 32.7 Å². The van der Waals surface area contributed by atoms with Crippen LogP contribution in [0.2, 0.25) is 10.0 Å². The monoisotopic (exact) mass is 302 g/mol. The van der Waals surface area contributed by atoms with Crippen LogP contribution in [0.15, 0.2) is 18.2 Å². The van der Waals surface area contributed by atoms with Crippen LogP contribution in [0, 0.1) is 0 Å². The summed E-state index contributed by atoms with van der Waals surface area (Å²) in [4.78, 5) is 4.55. The lowest BCUT2D eigenvalue weighted by Crippen LogP contribution is -2.48. The van der Waals surface area contributed by atoms with Crippen molar-refractivity contribution in [3.63, 3.8) is 0 Å². The van der Waals surface area contributed by atoms with Crippen molar-refractivity contribution < 1.29 is 5.11 Å². The molecule has 5 heteroatoms. The third kappa shape index (κ3) is 3.76. The Labute approximate surface area is 124 Å². The van der Waals surface area contributed by atoms with Gasteiger partial charge in [-0.25, -0.2) is 0 Å². The summed E-state index contributed by atoms with van der Waals surface area (Å²) in [6, 6.07) is 5.74. The fraction of sp³-hybridized carbons (Fsp3) is 0.571. The van der Waals surface area contributed by atoms with Gasteiger partial charge in [0.15, 0.2) is 0 Å². The number of β-amino-alcohol motifs (C(OH)–C–C–N with tert-alkyl or cyclic N) is 1. The van der Waals surface area contributed by atoms with E-state index in [1.165, 1.54) is 0 Å². The summed E-state index contributed by atoms with van der Waals surface area (Å²) in [7, 11) is 0. The fourth-order valence-corrected chi connectivity index (χ4v) is 2.75. The topological polar surface area (TPSA) is 26.7 Å². The van der Waals surface area contributed by atoms with Gasteiger partial charge in [-0.2, -0.15) is 0 Å². The average molecular weight is 303 g/mol. The first-order valence-corrected chi connectivity index (χ1v) is 7.46. The van der Waals surface area contributed by atoms with Gasteiger partial charge in [0.25, 0.3) is 0 Å². The molecule has 0 spiro atoms. The maximum absolute atomic E-state index is 9.68. The fourth-order valence-electron chi connectivity index (χ4n) is 2.34. The minimum Gasteiger partial charge on any atom is -0.392 e. The number of halogens is 2. The Hall–Kier alpha value is -0.480. The van der Waals surface area contributed by atoms with Gasteiger partial charge in [0.2, 0.25) is 0 Å². The van der Waals surface area contributed by atoms with Gasteiger partial charge in [-0.15, -0.1) is 0 Å². The van der Waals surface area contributed by atoms with Crippen molar-refractivity contribution in [1.29, 1.82) is 0 Å². The number of benzene rings is 1. The van der Waals surface area contributed by atoms with E-state index >= 15 is 0 Å². The molecule has 1 N–H and O–H groups in total. The minimum absolute atomic E-state index is 0.221. The van der Waals surface area contributed by atoms with Crippen LogP contribution >= 0.6 is 23.2 Å². The first-order valence-electron chi connectivity index (χ1n) is 6.71. The molecule has 1 aromatic carbocycles. The summed E-state index contributed by atoms with van der Waals surface area (Å²) in [6.45, 7) is 6.48. The summed E-state index contributed by atoms with van der Waals surface area (Å²) < 4.78 is 0. The largest absolute Gasteiger partial charge is 0.392 e. The normalized spacial score (nSPS) is 18.6. The third-order valence-corrected chi connectivity index (χ3v) is 4.39. The second kappa shape index (κ2) is 6.80. The molecule has 106 valence electrons. The Morgan fingerprint density at radius 2 is 1.89 bits per heavy atom. The molecular formula is C14H20Cl2N2O. The summed E-state index contributed by atoms with van der Waals surface area (Å²) in [5.41, 5.74) is 1.00. The van der Waals surface area contributed by atoms with Gasteiger partial charge in [-0.05, 0) is 18.6 Å². The summed E-state index contributed by atoms with van der Waals surface area (Å²) in [5, 5.41) is 10.9. The number of hydrogen-bond donors (Lipinski definition) is 1. The van der Waals surface area contributed by atoms with Crippen molar-refractivity contribution in [3.8, 4) is 0 Å². The Balaban J connectivity index is 1.94. The molecule has 1 fully saturated rings. The molecule has 1 atom stereocenters. The van der Waals surface area contributed by atoms with Gasteiger partial charge < -0.3 is 10.0 Å². The number of anilines is 1. The van der Waals surface area contributed by atoms with Gasteiger partial charge >= 0.3 is 0 Å². The molecule has 1 aliphatic heterocycles. The molecule has 0 amide bonds. The van der Waals surface area contributed by atoms with E-state index in [-0.39, 0.29) is 6.10 Å². The van der Waals surface area contributed by atoms with Crippen LogP contribution in [-0.4, -0.2) is 48.8 Å². The Bertz CT molecular complexity index is 420. The molecule has 0 bridgehead atoms. The number of rotatable bonds is 4. The van der Waals surface area contributed by atoms with E-state index < -0.39 is 0 Å². The molecule has 1 aromatic rings. The summed E-state index contributed by atoms with van der Waals surface area (Å²) in [5.74, 6) is 0. The number of aliphatic hydroxyl groups is 1. The van der Waals surface area contributed by atoms with Gasteiger partial charge in [0.1, 0.15) is 0 Å². The number of nitrogens with zero attached hydrogens (tertiary/aromatic N) is 2. The van der Waals surface area contributed by atoms with Gasteiger partial charge in [0.05, 0.1) is 21.8 Å². The van der Waals surface area contributed by atoms with Crippen LogP contribution in [-0.2, 0) is 0 Å². The molecule has 1 saturated heterocycles. The maximum Gasteiger partial charge on any atom is 0.0825 e. The highest BCUT2D eigenvalue weighted by Gasteiger charge is 2.20. The Kier molecular flexibility index (Phi) is 5.34. The van der Waals surface area contributed by atoms with Crippen molar-refractivity contribution in [2.45, 2.75) is 19.4 Å². The third-order valence-electron chi connectivity index (χ3n) is 3.58. The van der Waals surface area contributed by atoms with E-state index in [1.54, 1.807) is 6.07 Å². The first-order chi connectivity index (χ1) is 9.11. The van der Waals surface area contributed by atoms with Gasteiger partial charge in [-0.1, -0.05) is 36.2 Å². The average Bonchev–Trinajstić information content (AvgIpc) is 2.43. The Morgan fingerprint density at radius 1 is 1.21 bits per heavy atom. The van der Waals surface area contributed by atoms with Crippen molar-refractivity contribution in [1.82, 2.24) is 4.90 Å². The van der Waals surface area contributed by atoms with E-state index in [9.17, 15) is 5.11 Å². The first kappa shape index (κ1) is 14.9. The lowest BCUT2D eigenvalue weighted by molar-refractivity contribution is 0.106. The minimum atomic E-state index is -0.221. The zero-order chi connectivity index (χ0) is 13.8. The van der Waals surface area contributed by atoms with Crippen molar-refractivity contribution in [2.24, 2.45) is 0 Å². The van der Waals surface area contributed by atoms with Crippen LogP contribution in [0.3, 0.4) is 0 Å². The highest BCUT2D eigenvalue weighted by Crippen LogP contribution is 2.32. The molecule has 1 heterocycles. The van der Waals surface area contributed by atoms with E-state index in [4.69, 9.17) is 23.2 Å². The highest BCUT2D eigenvalue weighted by molar-refractivity contribution is 6.43. The van der Waals surface area contributed by atoms with Crippen molar-refractivity contribution in [3.05, 3.63) is 28.2 Å². The molecule has 2 rings (SSSR count). The van der Waals surface area contributed by atoms with E-state index in [1.807, 2.05) is 19.1 Å². The SMILES string of the molecule is CC[C@@H](O)CN1CCN(c2cccc(Cl)c2Cl)CC1. The molecular weight excluding hydrogens is 283 g/mol. The lowest BCUT2D eigenvalue weighted by Gasteiger charge is -2.37. The van der Waals surface area contributed by atoms with Crippen LogP contribution in [0.1, 0.15) is 13.3 Å². The lowest BCUT2D eigenvalue weighted by atomic mass is 10.2. The molecule has 0 radical (unpaired) electrons. The van der Waals surface area contributed by atoms with E-state index in [0.717, 1.165) is 44.8 Å². The molecule has 3 nitrogen and oxygen atoms in total. The zero-order valence-corrected chi connectivity index (χ0v) is 12.7. The smallest absolute Gasteiger partial charge is 0.0825 e. The van der Waals surface area contributed by atoms with Gasteiger partial charge in [-0.3, -0.25) is 4.90 Å². The van der Waals surface area contributed by atoms with Crippen LogP contribution in [0.4, 0.5) is 5.69 Å². The quantitative estimate of drug-likeness (QED) is 0.926. The van der Waals surface area contributed by atoms with E-state index in [0.29, 0.717) is 10.0 Å². The van der Waals surface area contributed by atoms with Crippen LogP contribution in [0.25, 0.3) is 0 Å². The molecule has 0 aliphatic carbocycles. The second-order valence-electron chi connectivity index (χ2n) is 4.92. The number of piperazine rings is 1. The molecule has 0 saturated carbocycles. The molecule has 0 aromatic heterocycles. The van der Waals surface area contributed by atoms with Crippen LogP contribution in [0.5, 0.6) is 0 Å². The maximum atomic E-state index is 9.68. The molecule has 1 aliphatic rings. The predicted octanol–water partition coefficient (Wildman–Crippen LogP) is 2.89. The highest BCUT2D eigenvalue weighted by atomic mass is 35.5.